The molecule has 2 aromatic heterocycles. The van der Waals surface area contributed by atoms with Gasteiger partial charge in [-0.3, -0.25) is 14.8 Å². The highest BCUT2D eigenvalue weighted by Gasteiger charge is 2.34. The maximum atomic E-state index is 14.3. The molecule has 8 heteroatoms. The van der Waals surface area contributed by atoms with Gasteiger partial charge < -0.3 is 16.0 Å². The van der Waals surface area contributed by atoms with Gasteiger partial charge in [0.1, 0.15) is 5.82 Å². The summed E-state index contributed by atoms with van der Waals surface area (Å²) < 4.78 is 14.3. The van der Waals surface area contributed by atoms with Crippen molar-refractivity contribution < 1.29 is 9.18 Å². The van der Waals surface area contributed by atoms with Gasteiger partial charge in [-0.2, -0.15) is 0 Å². The molecule has 172 valence electrons. The van der Waals surface area contributed by atoms with Crippen molar-refractivity contribution >= 4 is 23.2 Å². The van der Waals surface area contributed by atoms with Gasteiger partial charge in [-0.05, 0) is 63.1 Å². The summed E-state index contributed by atoms with van der Waals surface area (Å²) in [4.78, 5) is 24.4. The molecule has 2 atom stereocenters. The predicted octanol–water partition coefficient (Wildman–Crippen LogP) is 4.66. The quantitative estimate of drug-likeness (QED) is 0.570. The monoisotopic (exact) mass is 467 g/mol. The Labute approximate surface area is 198 Å². The van der Waals surface area contributed by atoms with Gasteiger partial charge in [-0.1, -0.05) is 17.7 Å². The smallest absolute Gasteiger partial charge is 0.255 e. The summed E-state index contributed by atoms with van der Waals surface area (Å²) in [6.45, 7) is 6.93. The van der Waals surface area contributed by atoms with E-state index in [0.29, 0.717) is 41.2 Å². The number of aryl methyl sites for hydroxylation is 1. The standard InChI is InChI=1S/C25H27ClFN5O/c1-15(21-6-4-5-8-29-21)31-24(33)20-13-30-16(2)22(17-10-18(26)12-19(27)11-17)23(20)32-9-7-25(3,28)14-32/h4-6,8,10-13,15H,7,9,14,28H2,1-3H3,(H,31,33)/t15-,25-/m0/s1. The van der Waals surface area contributed by atoms with Crippen LogP contribution in [0.4, 0.5) is 10.1 Å². The number of carbonyl (C=O) groups is 1. The molecule has 0 unspecified atom stereocenters. The van der Waals surface area contributed by atoms with Crippen molar-refractivity contribution in [3.05, 3.63) is 76.6 Å². The highest BCUT2D eigenvalue weighted by atomic mass is 35.5. The van der Waals surface area contributed by atoms with E-state index in [-0.39, 0.29) is 17.0 Å². The number of nitrogens with zero attached hydrogens (tertiary/aromatic N) is 3. The number of anilines is 1. The second kappa shape index (κ2) is 9.08. The molecule has 33 heavy (non-hydrogen) atoms. The van der Waals surface area contributed by atoms with Crippen molar-refractivity contribution in [2.75, 3.05) is 18.0 Å². The van der Waals surface area contributed by atoms with Gasteiger partial charge in [0.2, 0.25) is 0 Å². The van der Waals surface area contributed by atoms with Crippen LogP contribution in [-0.2, 0) is 0 Å². The summed E-state index contributed by atoms with van der Waals surface area (Å²) in [7, 11) is 0. The molecule has 3 N–H and O–H groups in total. The van der Waals surface area contributed by atoms with Gasteiger partial charge >= 0.3 is 0 Å². The van der Waals surface area contributed by atoms with E-state index in [2.05, 4.69) is 20.2 Å². The van der Waals surface area contributed by atoms with Crippen molar-refractivity contribution in [1.29, 1.82) is 0 Å². The Kier molecular flexibility index (Phi) is 6.36. The molecule has 1 aliphatic heterocycles. The average Bonchev–Trinajstić information content (AvgIpc) is 3.12. The molecule has 0 aliphatic carbocycles. The molecule has 4 rings (SSSR count). The van der Waals surface area contributed by atoms with Crippen LogP contribution in [0.25, 0.3) is 11.1 Å². The van der Waals surface area contributed by atoms with E-state index in [0.717, 1.165) is 12.1 Å². The van der Waals surface area contributed by atoms with E-state index >= 15 is 0 Å². The molecule has 0 bridgehead atoms. The molecule has 3 aromatic rings. The zero-order valence-corrected chi connectivity index (χ0v) is 19.7. The third-order valence-electron chi connectivity index (χ3n) is 5.94. The number of rotatable bonds is 5. The van der Waals surface area contributed by atoms with Gasteiger partial charge in [0.05, 0.1) is 23.0 Å². The SMILES string of the molecule is Cc1ncc(C(=O)N[C@@H](C)c2ccccn2)c(N2CC[C@](C)(N)C2)c1-c1cc(F)cc(Cl)c1. The van der Waals surface area contributed by atoms with Crippen molar-refractivity contribution in [3.8, 4) is 11.1 Å². The second-order valence-electron chi connectivity index (χ2n) is 8.91. The molecule has 3 heterocycles. The van der Waals surface area contributed by atoms with E-state index in [1.807, 2.05) is 39.0 Å². The molecule has 6 nitrogen and oxygen atoms in total. The first-order valence-electron chi connectivity index (χ1n) is 10.9. The fourth-order valence-corrected chi connectivity index (χ4v) is 4.51. The number of halogens is 2. The molecule has 0 saturated carbocycles. The van der Waals surface area contributed by atoms with Gasteiger partial charge in [-0.15, -0.1) is 0 Å². The van der Waals surface area contributed by atoms with Gasteiger partial charge in [-0.25, -0.2) is 4.39 Å². The summed E-state index contributed by atoms with van der Waals surface area (Å²) in [6.07, 6.45) is 4.03. The van der Waals surface area contributed by atoms with E-state index in [9.17, 15) is 9.18 Å². The summed E-state index contributed by atoms with van der Waals surface area (Å²) in [5.41, 5.74) is 9.76. The van der Waals surface area contributed by atoms with Crippen molar-refractivity contribution in [3.63, 3.8) is 0 Å². The Morgan fingerprint density at radius 1 is 1.30 bits per heavy atom. The minimum atomic E-state index is -0.452. The van der Waals surface area contributed by atoms with Crippen molar-refractivity contribution in [2.24, 2.45) is 5.73 Å². The Morgan fingerprint density at radius 2 is 2.09 bits per heavy atom. The molecular weight excluding hydrogens is 441 g/mol. The number of benzene rings is 1. The lowest BCUT2D eigenvalue weighted by Gasteiger charge is -2.28. The number of carbonyl (C=O) groups excluding carboxylic acids is 1. The molecule has 1 aromatic carbocycles. The first-order chi connectivity index (χ1) is 15.6. The fourth-order valence-electron chi connectivity index (χ4n) is 4.29. The number of hydrogen-bond acceptors (Lipinski definition) is 5. The first-order valence-corrected chi connectivity index (χ1v) is 11.2. The van der Waals surface area contributed by atoms with Gasteiger partial charge in [0, 0.05) is 47.3 Å². The lowest BCUT2D eigenvalue weighted by molar-refractivity contribution is 0.0939. The van der Waals surface area contributed by atoms with E-state index in [1.54, 1.807) is 18.5 Å². The Balaban J connectivity index is 1.82. The van der Waals surface area contributed by atoms with Crippen LogP contribution in [0.5, 0.6) is 0 Å². The number of nitrogens with one attached hydrogen (secondary N) is 1. The van der Waals surface area contributed by atoms with Crippen LogP contribution in [0.3, 0.4) is 0 Å². The van der Waals surface area contributed by atoms with Crippen LogP contribution < -0.4 is 16.0 Å². The minimum Gasteiger partial charge on any atom is -0.368 e. The summed E-state index contributed by atoms with van der Waals surface area (Å²) in [6, 6.07) is 9.61. The number of aromatic nitrogens is 2. The minimum absolute atomic E-state index is 0.277. The molecular formula is C25H27ClFN5O. The van der Waals surface area contributed by atoms with Crippen molar-refractivity contribution in [2.45, 2.75) is 38.8 Å². The van der Waals surface area contributed by atoms with Crippen LogP contribution in [0.1, 0.15) is 48.1 Å². The van der Waals surface area contributed by atoms with E-state index in [4.69, 9.17) is 17.3 Å². The lowest BCUT2D eigenvalue weighted by Crippen LogP contribution is -2.40. The zero-order valence-electron chi connectivity index (χ0n) is 18.9. The predicted molar refractivity (Wildman–Crippen MR) is 129 cm³/mol. The van der Waals surface area contributed by atoms with Gasteiger partial charge in [0.15, 0.2) is 0 Å². The lowest BCUT2D eigenvalue weighted by atomic mass is 9.97. The Hall–Kier alpha value is -3.03. The summed E-state index contributed by atoms with van der Waals surface area (Å²) in [5.74, 6) is -0.739. The van der Waals surface area contributed by atoms with Crippen molar-refractivity contribution in [1.82, 2.24) is 15.3 Å². The molecule has 0 spiro atoms. The topological polar surface area (TPSA) is 84.1 Å². The number of pyridine rings is 2. The van der Waals surface area contributed by atoms with Crippen LogP contribution in [-0.4, -0.2) is 34.5 Å². The van der Waals surface area contributed by atoms with Crippen LogP contribution >= 0.6 is 11.6 Å². The highest BCUT2D eigenvalue weighted by molar-refractivity contribution is 6.31. The Morgan fingerprint density at radius 3 is 2.73 bits per heavy atom. The molecule has 1 aliphatic rings. The highest BCUT2D eigenvalue weighted by Crippen LogP contribution is 2.40. The van der Waals surface area contributed by atoms with Crippen LogP contribution in [0.15, 0.2) is 48.8 Å². The second-order valence-corrected chi connectivity index (χ2v) is 9.35. The van der Waals surface area contributed by atoms with E-state index in [1.165, 1.54) is 12.1 Å². The largest absolute Gasteiger partial charge is 0.368 e. The normalized spacial score (nSPS) is 18.9. The molecule has 1 fully saturated rings. The maximum absolute atomic E-state index is 14.3. The Bertz CT molecular complexity index is 1160. The van der Waals surface area contributed by atoms with Crippen LogP contribution in [0.2, 0.25) is 5.02 Å². The van der Waals surface area contributed by atoms with E-state index < -0.39 is 11.4 Å². The maximum Gasteiger partial charge on any atom is 0.255 e. The summed E-state index contributed by atoms with van der Waals surface area (Å²) in [5, 5.41) is 3.30. The summed E-state index contributed by atoms with van der Waals surface area (Å²) >= 11 is 6.17. The molecule has 1 amide bonds. The third-order valence-corrected chi connectivity index (χ3v) is 6.16. The fraction of sp³-hybridized carbons (Fsp3) is 0.320. The zero-order chi connectivity index (χ0) is 23.8. The third kappa shape index (κ3) is 4.99. The average molecular weight is 468 g/mol. The van der Waals surface area contributed by atoms with Gasteiger partial charge in [0.25, 0.3) is 5.91 Å². The number of hydrogen-bond donors (Lipinski definition) is 2. The molecule has 0 radical (unpaired) electrons. The number of amides is 1. The number of nitrogens with two attached hydrogens (primary N) is 1. The molecule has 1 saturated heterocycles. The van der Waals surface area contributed by atoms with Crippen LogP contribution in [0, 0.1) is 12.7 Å². The first kappa shape index (κ1) is 23.1.